The largest absolute Gasteiger partial charge is 0.490 e. The minimum atomic E-state index is -0.433. The molecule has 1 aromatic rings. The zero-order valence-corrected chi connectivity index (χ0v) is 11.4. The van der Waals surface area contributed by atoms with E-state index in [9.17, 15) is 4.79 Å². The lowest BCUT2D eigenvalue weighted by atomic mass is 9.98. The summed E-state index contributed by atoms with van der Waals surface area (Å²) in [5.74, 6) is 1.29. The Morgan fingerprint density at radius 3 is 2.74 bits per heavy atom. The Morgan fingerprint density at radius 2 is 2.00 bits per heavy atom. The molecule has 104 valence electrons. The second-order valence-electron chi connectivity index (χ2n) is 4.77. The lowest BCUT2D eigenvalue weighted by molar-refractivity contribution is 0.154. The Morgan fingerprint density at radius 1 is 1.26 bits per heavy atom. The van der Waals surface area contributed by atoms with Gasteiger partial charge in [0.25, 0.3) is 0 Å². The molecule has 1 amide bonds. The third-order valence-corrected chi connectivity index (χ3v) is 3.19. The fourth-order valence-corrected chi connectivity index (χ4v) is 2.27. The van der Waals surface area contributed by atoms with Crippen molar-refractivity contribution in [2.24, 2.45) is 0 Å². The molecule has 0 saturated heterocycles. The fourth-order valence-electron chi connectivity index (χ4n) is 2.27. The van der Waals surface area contributed by atoms with Gasteiger partial charge >= 0.3 is 6.09 Å². The van der Waals surface area contributed by atoms with Crippen LogP contribution in [0.1, 0.15) is 39.0 Å². The van der Waals surface area contributed by atoms with E-state index in [-0.39, 0.29) is 0 Å². The van der Waals surface area contributed by atoms with Crippen LogP contribution in [-0.4, -0.2) is 18.7 Å². The minimum Gasteiger partial charge on any atom is -0.490 e. The molecule has 19 heavy (non-hydrogen) atoms. The summed E-state index contributed by atoms with van der Waals surface area (Å²) in [5.41, 5.74) is 0. The van der Waals surface area contributed by atoms with Crippen LogP contribution in [0.25, 0.3) is 0 Å². The number of rotatable bonds is 4. The normalized spacial score (nSPS) is 15.8. The van der Waals surface area contributed by atoms with Gasteiger partial charge in [-0.3, -0.25) is 0 Å². The first kappa shape index (κ1) is 13.7. The predicted octanol–water partition coefficient (Wildman–Crippen LogP) is 3.51. The van der Waals surface area contributed by atoms with Crippen molar-refractivity contribution in [3.8, 4) is 11.5 Å². The van der Waals surface area contributed by atoms with Gasteiger partial charge in [-0.2, -0.15) is 0 Å². The van der Waals surface area contributed by atoms with Crippen molar-refractivity contribution in [2.45, 2.75) is 45.1 Å². The van der Waals surface area contributed by atoms with Gasteiger partial charge in [0.1, 0.15) is 11.5 Å². The summed E-state index contributed by atoms with van der Waals surface area (Å²) in [6.45, 7) is 2.40. The molecule has 0 atom stereocenters. The van der Waals surface area contributed by atoms with Crippen molar-refractivity contribution in [3.05, 3.63) is 24.3 Å². The monoisotopic (exact) mass is 263 g/mol. The molecule has 1 saturated carbocycles. The highest BCUT2D eigenvalue weighted by Gasteiger charge is 2.15. The summed E-state index contributed by atoms with van der Waals surface area (Å²) in [6.07, 6.45) is 5.87. The van der Waals surface area contributed by atoms with E-state index in [1.165, 1.54) is 19.3 Å². The molecule has 0 unspecified atom stereocenters. The quantitative estimate of drug-likeness (QED) is 0.904. The molecule has 0 aromatic heterocycles. The molecule has 0 bridgehead atoms. The third-order valence-electron chi connectivity index (χ3n) is 3.19. The van der Waals surface area contributed by atoms with Crippen LogP contribution in [0.3, 0.4) is 0 Å². The number of hydrogen-bond donors (Lipinski definition) is 1. The molecular formula is C15H21NO3. The predicted molar refractivity (Wildman–Crippen MR) is 73.6 cm³/mol. The average molecular weight is 263 g/mol. The van der Waals surface area contributed by atoms with Gasteiger partial charge in [0.05, 0.1) is 6.10 Å². The number of benzene rings is 1. The van der Waals surface area contributed by atoms with Gasteiger partial charge in [-0.1, -0.05) is 12.5 Å². The van der Waals surface area contributed by atoms with Gasteiger partial charge in [0.2, 0.25) is 0 Å². The van der Waals surface area contributed by atoms with Gasteiger partial charge in [-0.25, -0.2) is 4.79 Å². The molecule has 1 aliphatic rings. The smallest absolute Gasteiger partial charge is 0.412 e. The molecule has 0 spiro atoms. The van der Waals surface area contributed by atoms with Gasteiger partial charge in [0, 0.05) is 12.6 Å². The zero-order chi connectivity index (χ0) is 13.5. The maximum Gasteiger partial charge on any atom is 0.412 e. The first-order valence-corrected chi connectivity index (χ1v) is 7.00. The van der Waals surface area contributed by atoms with Crippen molar-refractivity contribution in [1.82, 2.24) is 5.32 Å². The summed E-state index contributed by atoms with van der Waals surface area (Å²) in [7, 11) is 0. The second kappa shape index (κ2) is 7.02. The van der Waals surface area contributed by atoms with E-state index in [2.05, 4.69) is 5.32 Å². The van der Waals surface area contributed by atoms with E-state index >= 15 is 0 Å². The minimum absolute atomic E-state index is 0.300. The molecular weight excluding hydrogens is 242 g/mol. The third kappa shape index (κ3) is 4.47. The first-order valence-electron chi connectivity index (χ1n) is 7.00. The molecule has 0 radical (unpaired) electrons. The van der Waals surface area contributed by atoms with Crippen LogP contribution in [0.4, 0.5) is 4.79 Å². The molecule has 1 aromatic carbocycles. The van der Waals surface area contributed by atoms with Gasteiger partial charge in [-0.05, 0) is 44.7 Å². The highest BCUT2D eigenvalue weighted by atomic mass is 16.6. The Bertz CT molecular complexity index is 414. The standard InChI is InChI=1S/C15H21NO3/c1-2-16-15(17)19-14-10-6-9-13(11-14)18-12-7-4-3-5-8-12/h6,9-12H,2-5,7-8H2,1H3,(H,16,17). The van der Waals surface area contributed by atoms with Gasteiger partial charge in [0.15, 0.2) is 0 Å². The Labute approximate surface area is 114 Å². The highest BCUT2D eigenvalue weighted by Crippen LogP contribution is 2.25. The van der Waals surface area contributed by atoms with Crippen LogP contribution in [0, 0.1) is 0 Å². The van der Waals surface area contributed by atoms with E-state index < -0.39 is 6.09 Å². The maximum atomic E-state index is 11.3. The maximum absolute atomic E-state index is 11.3. The van der Waals surface area contributed by atoms with Gasteiger partial charge in [-0.15, -0.1) is 0 Å². The Balaban J connectivity index is 1.92. The van der Waals surface area contributed by atoms with Crippen molar-refractivity contribution in [3.63, 3.8) is 0 Å². The molecule has 4 heteroatoms. The van der Waals surface area contributed by atoms with Crippen LogP contribution in [0.2, 0.25) is 0 Å². The number of ether oxygens (including phenoxy) is 2. The fraction of sp³-hybridized carbons (Fsp3) is 0.533. The first-order chi connectivity index (χ1) is 9.28. The number of hydrogen-bond acceptors (Lipinski definition) is 3. The number of amides is 1. The summed E-state index contributed by atoms with van der Waals surface area (Å²) in [4.78, 5) is 11.3. The van der Waals surface area contributed by atoms with Crippen molar-refractivity contribution in [1.29, 1.82) is 0 Å². The molecule has 1 aliphatic carbocycles. The molecule has 0 heterocycles. The average Bonchev–Trinajstić information content (AvgIpc) is 2.40. The summed E-state index contributed by atoms with van der Waals surface area (Å²) in [6, 6.07) is 7.26. The van der Waals surface area contributed by atoms with E-state index in [0.29, 0.717) is 18.4 Å². The van der Waals surface area contributed by atoms with Crippen LogP contribution < -0.4 is 14.8 Å². The van der Waals surface area contributed by atoms with Crippen LogP contribution in [0.5, 0.6) is 11.5 Å². The molecule has 1 N–H and O–H groups in total. The lowest BCUT2D eigenvalue weighted by Gasteiger charge is -2.23. The lowest BCUT2D eigenvalue weighted by Crippen LogP contribution is -2.26. The van der Waals surface area contributed by atoms with Crippen LogP contribution in [-0.2, 0) is 0 Å². The van der Waals surface area contributed by atoms with Crippen molar-refractivity contribution >= 4 is 6.09 Å². The van der Waals surface area contributed by atoms with Crippen LogP contribution >= 0.6 is 0 Å². The van der Waals surface area contributed by atoms with E-state index in [1.54, 1.807) is 12.1 Å². The molecule has 2 rings (SSSR count). The molecule has 0 aliphatic heterocycles. The number of carbonyl (C=O) groups excluding carboxylic acids is 1. The second-order valence-corrected chi connectivity index (χ2v) is 4.77. The number of carbonyl (C=O) groups is 1. The topological polar surface area (TPSA) is 47.6 Å². The van der Waals surface area contributed by atoms with E-state index in [1.807, 2.05) is 19.1 Å². The Hall–Kier alpha value is -1.71. The SMILES string of the molecule is CCNC(=O)Oc1cccc(OC2CCCCC2)c1. The van der Waals surface area contributed by atoms with Crippen molar-refractivity contribution < 1.29 is 14.3 Å². The Kier molecular flexibility index (Phi) is 5.07. The highest BCUT2D eigenvalue weighted by molar-refractivity contribution is 5.70. The van der Waals surface area contributed by atoms with Crippen LogP contribution in [0.15, 0.2) is 24.3 Å². The van der Waals surface area contributed by atoms with E-state index in [0.717, 1.165) is 18.6 Å². The number of nitrogens with one attached hydrogen (secondary N) is 1. The van der Waals surface area contributed by atoms with Gasteiger partial charge < -0.3 is 14.8 Å². The molecule has 1 fully saturated rings. The summed E-state index contributed by atoms with van der Waals surface area (Å²) >= 11 is 0. The van der Waals surface area contributed by atoms with E-state index in [4.69, 9.17) is 9.47 Å². The summed E-state index contributed by atoms with van der Waals surface area (Å²) < 4.78 is 11.1. The van der Waals surface area contributed by atoms with Crippen molar-refractivity contribution in [2.75, 3.05) is 6.54 Å². The molecule has 4 nitrogen and oxygen atoms in total. The summed E-state index contributed by atoms with van der Waals surface area (Å²) in [5, 5.41) is 2.59. The zero-order valence-electron chi connectivity index (χ0n) is 11.4.